The van der Waals surface area contributed by atoms with Gasteiger partial charge in [0.05, 0.1) is 0 Å². The quantitative estimate of drug-likeness (QED) is 0.754. The summed E-state index contributed by atoms with van der Waals surface area (Å²) in [4.78, 5) is 39.1. The van der Waals surface area contributed by atoms with Gasteiger partial charge in [0.1, 0.15) is 29.9 Å². The van der Waals surface area contributed by atoms with Crippen molar-refractivity contribution in [3.8, 4) is 0 Å². The molecule has 1 fully saturated rings. The Bertz CT molecular complexity index is 846. The minimum atomic E-state index is -1.76. The molecular formula is C22H31N2O5+. The standard InChI is InChI=1S/C22H30N2O5/c1-14-12-16-8-6-7-9-17(16)13-24(14,20(28)29-21(3,4)5)22(19(26)27)18(15(2)25)10-11-23-22/h6-9,14,18,23H,10-13H2,1-5H3/p+1/t14-,18?,22-,24?/m1/s1. The minimum Gasteiger partial charge on any atom is -0.475 e. The lowest BCUT2D eigenvalue weighted by Gasteiger charge is -2.53. The molecule has 2 N–H and O–H groups in total. The normalized spacial score (nSPS) is 31.8. The highest BCUT2D eigenvalue weighted by Gasteiger charge is 2.72. The number of rotatable bonds is 3. The van der Waals surface area contributed by atoms with Crippen molar-refractivity contribution in [3.63, 3.8) is 0 Å². The van der Waals surface area contributed by atoms with Gasteiger partial charge in [0.2, 0.25) is 0 Å². The fourth-order valence-corrected chi connectivity index (χ4v) is 5.06. The van der Waals surface area contributed by atoms with E-state index in [-0.39, 0.29) is 18.4 Å². The third-order valence-corrected chi connectivity index (χ3v) is 6.30. The molecule has 0 radical (unpaired) electrons. The zero-order chi connectivity index (χ0) is 21.6. The molecule has 2 unspecified atom stereocenters. The smallest absolute Gasteiger partial charge is 0.475 e. The van der Waals surface area contributed by atoms with E-state index in [1.807, 2.05) is 31.2 Å². The van der Waals surface area contributed by atoms with Crippen molar-refractivity contribution in [1.82, 2.24) is 5.32 Å². The minimum absolute atomic E-state index is 0.162. The average molecular weight is 403 g/mol. The van der Waals surface area contributed by atoms with Gasteiger partial charge in [0.25, 0.3) is 5.66 Å². The van der Waals surface area contributed by atoms with Gasteiger partial charge in [-0.25, -0.2) is 4.79 Å². The summed E-state index contributed by atoms with van der Waals surface area (Å²) in [5.41, 5.74) is -0.548. The van der Waals surface area contributed by atoms with Gasteiger partial charge in [-0.15, -0.1) is 0 Å². The number of carboxylic acid groups (broad SMARTS) is 1. The van der Waals surface area contributed by atoms with Gasteiger partial charge in [-0.3, -0.25) is 10.1 Å². The summed E-state index contributed by atoms with van der Waals surface area (Å²) in [6, 6.07) is 7.37. The molecule has 7 nitrogen and oxygen atoms in total. The van der Waals surface area contributed by atoms with Crippen LogP contribution in [0.3, 0.4) is 0 Å². The monoisotopic (exact) mass is 403 g/mol. The van der Waals surface area contributed by atoms with Gasteiger partial charge in [-0.1, -0.05) is 24.3 Å². The van der Waals surface area contributed by atoms with Crippen LogP contribution >= 0.6 is 0 Å². The number of carbonyl (C=O) groups excluding carboxylic acids is 2. The second kappa shape index (κ2) is 7.22. The lowest BCUT2D eigenvalue weighted by Crippen LogP contribution is -2.81. The highest BCUT2D eigenvalue weighted by molar-refractivity contribution is 5.90. The molecule has 0 bridgehead atoms. The number of quaternary nitrogens is 1. The van der Waals surface area contributed by atoms with E-state index < -0.39 is 33.7 Å². The molecule has 1 aromatic rings. The van der Waals surface area contributed by atoms with Gasteiger partial charge in [-0.05, 0) is 46.6 Å². The first-order valence-electron chi connectivity index (χ1n) is 10.1. The first-order chi connectivity index (χ1) is 13.5. The number of nitrogens with zero attached hydrogens (tertiary/aromatic N) is 1. The van der Waals surface area contributed by atoms with Crippen molar-refractivity contribution < 1.29 is 28.7 Å². The first-order valence-corrected chi connectivity index (χ1v) is 10.1. The van der Waals surface area contributed by atoms with Crippen LogP contribution in [0, 0.1) is 5.92 Å². The van der Waals surface area contributed by atoms with Gasteiger partial charge in [0.15, 0.2) is 0 Å². The van der Waals surface area contributed by atoms with Gasteiger partial charge >= 0.3 is 12.1 Å². The number of amides is 1. The second-order valence-corrected chi connectivity index (χ2v) is 9.28. The van der Waals surface area contributed by atoms with Gasteiger partial charge < -0.3 is 9.84 Å². The molecule has 0 saturated carbocycles. The fraction of sp³-hybridized carbons (Fsp3) is 0.591. The number of carboxylic acids is 1. The topological polar surface area (TPSA) is 92.7 Å². The fourth-order valence-electron chi connectivity index (χ4n) is 5.06. The van der Waals surface area contributed by atoms with Crippen LogP contribution in [-0.2, 0) is 27.3 Å². The molecule has 3 rings (SSSR count). The van der Waals surface area contributed by atoms with Crippen molar-refractivity contribution in [2.45, 2.75) is 71.3 Å². The summed E-state index contributed by atoms with van der Waals surface area (Å²) >= 11 is 0. The molecule has 29 heavy (non-hydrogen) atoms. The van der Waals surface area contributed by atoms with Crippen molar-refractivity contribution in [2.24, 2.45) is 5.92 Å². The van der Waals surface area contributed by atoms with Crippen LogP contribution in [0.15, 0.2) is 24.3 Å². The summed E-state index contributed by atoms with van der Waals surface area (Å²) in [5, 5.41) is 13.6. The summed E-state index contributed by atoms with van der Waals surface area (Å²) in [6.45, 7) is 9.10. The number of hydrogen-bond donors (Lipinski definition) is 2. The molecule has 158 valence electrons. The number of ketones is 1. The highest BCUT2D eigenvalue weighted by Crippen LogP contribution is 2.45. The molecule has 7 heteroatoms. The summed E-state index contributed by atoms with van der Waals surface area (Å²) < 4.78 is 5.33. The Morgan fingerprint density at radius 2 is 1.83 bits per heavy atom. The van der Waals surface area contributed by atoms with E-state index in [1.165, 1.54) is 6.92 Å². The van der Waals surface area contributed by atoms with Crippen LogP contribution in [0.2, 0.25) is 0 Å². The zero-order valence-electron chi connectivity index (χ0n) is 17.8. The number of benzene rings is 1. The number of Topliss-reactive ketones (excluding diaryl/α,β-unsaturated/α-hetero) is 1. The molecule has 0 aromatic heterocycles. The van der Waals surface area contributed by atoms with Crippen molar-refractivity contribution in [3.05, 3.63) is 35.4 Å². The maximum Gasteiger partial charge on any atom is 0.519 e. The van der Waals surface area contributed by atoms with E-state index in [2.05, 4.69) is 5.32 Å². The number of carbonyl (C=O) groups is 3. The zero-order valence-corrected chi connectivity index (χ0v) is 17.8. The van der Waals surface area contributed by atoms with Crippen molar-refractivity contribution in [2.75, 3.05) is 6.54 Å². The molecule has 0 aliphatic carbocycles. The maximum absolute atomic E-state index is 13.8. The van der Waals surface area contributed by atoms with E-state index in [9.17, 15) is 19.5 Å². The van der Waals surface area contributed by atoms with E-state index in [0.717, 1.165) is 11.1 Å². The molecule has 1 amide bonds. The first kappa shape index (κ1) is 21.5. The van der Waals surface area contributed by atoms with Crippen LogP contribution in [-0.4, -0.2) is 51.3 Å². The SMILES string of the molecule is CC(=O)C1CCN[C@@]1(C(=O)O)[N+]1(C(=O)OC(C)(C)C)Cc2ccccc2C[C@H]1C. The largest absolute Gasteiger partial charge is 0.519 e. The Labute approximate surface area is 171 Å². The summed E-state index contributed by atoms with van der Waals surface area (Å²) in [6.07, 6.45) is 0.290. The third kappa shape index (κ3) is 3.26. The summed E-state index contributed by atoms with van der Waals surface area (Å²) in [5.74, 6) is -2.24. The average Bonchev–Trinajstić information content (AvgIpc) is 3.06. The van der Waals surface area contributed by atoms with Crippen LogP contribution in [0.1, 0.15) is 52.2 Å². The molecule has 4 atom stereocenters. The van der Waals surface area contributed by atoms with E-state index in [1.54, 1.807) is 20.8 Å². The van der Waals surface area contributed by atoms with Gasteiger partial charge in [0, 0.05) is 18.5 Å². The van der Waals surface area contributed by atoms with Crippen LogP contribution in [0.25, 0.3) is 0 Å². The van der Waals surface area contributed by atoms with Crippen molar-refractivity contribution >= 4 is 17.8 Å². The predicted molar refractivity (Wildman–Crippen MR) is 107 cm³/mol. The third-order valence-electron chi connectivity index (χ3n) is 6.30. The maximum atomic E-state index is 13.8. The number of hydrogen-bond acceptors (Lipinski definition) is 5. The Kier molecular flexibility index (Phi) is 5.34. The predicted octanol–water partition coefficient (Wildman–Crippen LogP) is 2.86. The molecular weight excluding hydrogens is 372 g/mol. The highest BCUT2D eigenvalue weighted by atomic mass is 16.6. The van der Waals surface area contributed by atoms with Crippen LogP contribution in [0.5, 0.6) is 0 Å². The van der Waals surface area contributed by atoms with E-state index in [0.29, 0.717) is 19.4 Å². The van der Waals surface area contributed by atoms with Crippen LogP contribution < -0.4 is 5.32 Å². The van der Waals surface area contributed by atoms with Crippen LogP contribution in [0.4, 0.5) is 4.79 Å². The lowest BCUT2D eigenvalue weighted by atomic mass is 9.81. The Hall–Kier alpha value is -2.25. The Morgan fingerprint density at radius 3 is 2.38 bits per heavy atom. The van der Waals surface area contributed by atoms with E-state index >= 15 is 0 Å². The molecule has 1 saturated heterocycles. The van der Waals surface area contributed by atoms with Crippen molar-refractivity contribution in [1.29, 1.82) is 0 Å². The Balaban J connectivity index is 2.27. The molecule has 1 aromatic carbocycles. The number of aliphatic carboxylic acids is 1. The lowest BCUT2D eigenvalue weighted by molar-refractivity contribution is -0.941. The molecule has 2 aliphatic heterocycles. The number of fused-ring (bicyclic) bond motifs is 1. The Morgan fingerprint density at radius 1 is 1.21 bits per heavy atom. The van der Waals surface area contributed by atoms with E-state index in [4.69, 9.17) is 4.74 Å². The molecule has 0 spiro atoms. The number of nitrogens with one attached hydrogen (secondary N) is 1. The van der Waals surface area contributed by atoms with Gasteiger partial charge in [-0.2, -0.15) is 9.28 Å². The number of ether oxygens (including phenoxy) is 1. The second-order valence-electron chi connectivity index (χ2n) is 9.28. The molecule has 2 heterocycles. The molecule has 2 aliphatic rings. The summed E-state index contributed by atoms with van der Waals surface area (Å²) in [7, 11) is 0.